The van der Waals surface area contributed by atoms with Crippen LogP contribution in [0.5, 0.6) is 0 Å². The molecular weight excluding hydrogens is 256 g/mol. The molecule has 0 bridgehead atoms. The number of thioether (sulfide) groups is 3. The standard InChI is InChI=1S/C8H16S5/c9-1-2-11-5-8-6-12-4-7(3-10)13-8/h7-10H,1-6H2. The zero-order valence-corrected chi connectivity index (χ0v) is 11.8. The van der Waals surface area contributed by atoms with Crippen molar-refractivity contribution in [1.82, 2.24) is 0 Å². The van der Waals surface area contributed by atoms with Crippen molar-refractivity contribution in [3.05, 3.63) is 0 Å². The topological polar surface area (TPSA) is 0 Å². The molecule has 1 fully saturated rings. The molecule has 1 heterocycles. The lowest BCUT2D eigenvalue weighted by Gasteiger charge is -2.27. The SMILES string of the molecule is SCCSCC1CSCC(CS)S1. The van der Waals surface area contributed by atoms with Crippen LogP contribution >= 0.6 is 60.5 Å². The summed E-state index contributed by atoms with van der Waals surface area (Å²) < 4.78 is 0. The summed E-state index contributed by atoms with van der Waals surface area (Å²) >= 11 is 14.8. The minimum Gasteiger partial charge on any atom is -0.179 e. The van der Waals surface area contributed by atoms with Gasteiger partial charge in [-0.05, 0) is 5.75 Å². The Balaban J connectivity index is 2.11. The van der Waals surface area contributed by atoms with Gasteiger partial charge in [-0.25, -0.2) is 0 Å². The average Bonchev–Trinajstić information content (AvgIpc) is 2.19. The second-order valence-corrected chi connectivity index (χ2v) is 7.54. The maximum absolute atomic E-state index is 4.36. The Hall–Kier alpha value is 1.75. The lowest BCUT2D eigenvalue weighted by Crippen LogP contribution is -2.24. The molecule has 78 valence electrons. The Bertz CT molecular complexity index is 130. The molecule has 0 aromatic heterocycles. The Labute approximate surface area is 105 Å². The largest absolute Gasteiger partial charge is 0.179 e. The second-order valence-electron chi connectivity index (χ2n) is 2.90. The van der Waals surface area contributed by atoms with E-state index in [9.17, 15) is 0 Å². The van der Waals surface area contributed by atoms with E-state index in [1.165, 1.54) is 23.0 Å². The van der Waals surface area contributed by atoms with Crippen molar-refractivity contribution in [2.45, 2.75) is 10.5 Å². The van der Waals surface area contributed by atoms with E-state index in [-0.39, 0.29) is 0 Å². The Morgan fingerprint density at radius 1 is 1.23 bits per heavy atom. The molecule has 2 atom stereocenters. The molecule has 2 unspecified atom stereocenters. The first-order valence-corrected chi connectivity index (χ1v) is 8.91. The molecule has 0 N–H and O–H groups in total. The predicted octanol–water partition coefficient (Wildman–Crippen LogP) is 2.80. The fraction of sp³-hybridized carbons (Fsp3) is 1.00. The van der Waals surface area contributed by atoms with E-state index in [0.29, 0.717) is 0 Å². The molecule has 1 aliphatic rings. The van der Waals surface area contributed by atoms with Crippen molar-refractivity contribution in [3.8, 4) is 0 Å². The van der Waals surface area contributed by atoms with Crippen molar-refractivity contribution < 1.29 is 0 Å². The van der Waals surface area contributed by atoms with Gasteiger partial charge in [0.2, 0.25) is 0 Å². The lowest BCUT2D eigenvalue weighted by molar-refractivity contribution is 1.06. The highest BCUT2D eigenvalue weighted by Crippen LogP contribution is 2.32. The van der Waals surface area contributed by atoms with E-state index in [4.69, 9.17) is 0 Å². The molecule has 0 amide bonds. The van der Waals surface area contributed by atoms with Crippen LogP contribution in [0.25, 0.3) is 0 Å². The van der Waals surface area contributed by atoms with E-state index in [2.05, 4.69) is 48.8 Å². The third-order valence-corrected chi connectivity index (χ3v) is 7.43. The number of hydrogen-bond donors (Lipinski definition) is 2. The Morgan fingerprint density at radius 3 is 2.69 bits per heavy atom. The smallest absolute Gasteiger partial charge is 0.0232 e. The molecule has 0 aliphatic carbocycles. The van der Waals surface area contributed by atoms with Crippen molar-refractivity contribution in [2.75, 3.05) is 34.5 Å². The summed E-state index contributed by atoms with van der Waals surface area (Å²) in [7, 11) is 0. The number of thiol groups is 2. The van der Waals surface area contributed by atoms with Crippen LogP contribution in [-0.2, 0) is 0 Å². The van der Waals surface area contributed by atoms with Gasteiger partial charge in [0, 0.05) is 39.3 Å². The summed E-state index contributed by atoms with van der Waals surface area (Å²) in [6, 6.07) is 0. The molecule has 0 nitrogen and oxygen atoms in total. The molecule has 0 spiro atoms. The Kier molecular flexibility index (Phi) is 7.86. The molecule has 0 saturated carbocycles. The van der Waals surface area contributed by atoms with Crippen molar-refractivity contribution >= 4 is 60.5 Å². The monoisotopic (exact) mass is 272 g/mol. The fourth-order valence-corrected chi connectivity index (χ4v) is 6.26. The molecule has 0 aromatic rings. The van der Waals surface area contributed by atoms with Gasteiger partial charge >= 0.3 is 0 Å². The summed E-state index contributed by atoms with van der Waals surface area (Å²) in [6.45, 7) is 0. The fourth-order valence-electron chi connectivity index (χ4n) is 1.14. The maximum Gasteiger partial charge on any atom is 0.0232 e. The molecule has 5 heteroatoms. The second kappa shape index (κ2) is 7.97. The first kappa shape index (κ1) is 12.8. The van der Waals surface area contributed by atoms with Crippen molar-refractivity contribution in [2.24, 2.45) is 0 Å². The van der Waals surface area contributed by atoms with Gasteiger partial charge < -0.3 is 0 Å². The van der Waals surface area contributed by atoms with Gasteiger partial charge in [0.25, 0.3) is 0 Å². The van der Waals surface area contributed by atoms with E-state index in [1.807, 2.05) is 11.8 Å². The first-order valence-electron chi connectivity index (χ1n) is 4.39. The molecule has 1 aliphatic heterocycles. The van der Waals surface area contributed by atoms with E-state index < -0.39 is 0 Å². The molecule has 0 aromatic carbocycles. The van der Waals surface area contributed by atoms with Crippen LogP contribution in [0.4, 0.5) is 0 Å². The molecular formula is C8H16S5. The van der Waals surface area contributed by atoms with E-state index in [0.717, 1.165) is 22.0 Å². The lowest BCUT2D eigenvalue weighted by atomic mass is 10.5. The van der Waals surface area contributed by atoms with Crippen molar-refractivity contribution in [1.29, 1.82) is 0 Å². The van der Waals surface area contributed by atoms with Gasteiger partial charge in [-0.3, -0.25) is 0 Å². The third-order valence-electron chi connectivity index (χ3n) is 1.74. The van der Waals surface area contributed by atoms with Gasteiger partial charge in [-0.1, -0.05) is 0 Å². The average molecular weight is 273 g/mol. The van der Waals surface area contributed by atoms with Gasteiger partial charge in [-0.15, -0.1) is 0 Å². The van der Waals surface area contributed by atoms with Crippen LogP contribution in [-0.4, -0.2) is 45.0 Å². The molecule has 0 radical (unpaired) electrons. The van der Waals surface area contributed by atoms with Crippen LogP contribution in [0.1, 0.15) is 0 Å². The summed E-state index contributed by atoms with van der Waals surface area (Å²) in [5.74, 6) is 7.14. The summed E-state index contributed by atoms with van der Waals surface area (Å²) in [4.78, 5) is 0. The number of hydrogen-bond acceptors (Lipinski definition) is 5. The summed E-state index contributed by atoms with van der Waals surface area (Å²) in [5, 5.41) is 1.63. The van der Waals surface area contributed by atoms with Crippen LogP contribution in [0.15, 0.2) is 0 Å². The molecule has 1 rings (SSSR count). The van der Waals surface area contributed by atoms with Crippen LogP contribution in [0.2, 0.25) is 0 Å². The van der Waals surface area contributed by atoms with Gasteiger partial charge in [-0.2, -0.15) is 60.5 Å². The highest BCUT2D eigenvalue weighted by Gasteiger charge is 2.21. The van der Waals surface area contributed by atoms with Crippen LogP contribution in [0, 0.1) is 0 Å². The predicted molar refractivity (Wildman–Crippen MR) is 77.5 cm³/mol. The van der Waals surface area contributed by atoms with E-state index >= 15 is 0 Å². The highest BCUT2D eigenvalue weighted by atomic mass is 32.2. The highest BCUT2D eigenvalue weighted by molar-refractivity contribution is 8.08. The zero-order chi connectivity index (χ0) is 9.52. The maximum atomic E-state index is 4.36. The minimum absolute atomic E-state index is 0.781. The van der Waals surface area contributed by atoms with Gasteiger partial charge in [0.15, 0.2) is 0 Å². The van der Waals surface area contributed by atoms with E-state index in [1.54, 1.807) is 0 Å². The van der Waals surface area contributed by atoms with Crippen molar-refractivity contribution in [3.63, 3.8) is 0 Å². The Morgan fingerprint density at radius 2 is 2.00 bits per heavy atom. The molecule has 1 saturated heterocycles. The number of rotatable bonds is 5. The summed E-state index contributed by atoms with van der Waals surface area (Å²) in [6.07, 6.45) is 0. The minimum atomic E-state index is 0.781. The first-order chi connectivity index (χ1) is 6.36. The molecule has 13 heavy (non-hydrogen) atoms. The third kappa shape index (κ3) is 5.40. The summed E-state index contributed by atoms with van der Waals surface area (Å²) in [5.41, 5.74) is 0. The normalized spacial score (nSPS) is 29.1. The van der Waals surface area contributed by atoms with Gasteiger partial charge in [0.05, 0.1) is 0 Å². The quantitative estimate of drug-likeness (QED) is 0.584. The van der Waals surface area contributed by atoms with Gasteiger partial charge in [0.1, 0.15) is 0 Å². The van der Waals surface area contributed by atoms with Crippen LogP contribution < -0.4 is 0 Å². The zero-order valence-electron chi connectivity index (χ0n) is 7.52. The van der Waals surface area contributed by atoms with Crippen LogP contribution in [0.3, 0.4) is 0 Å².